The Morgan fingerprint density at radius 2 is 1.71 bits per heavy atom. The minimum Gasteiger partial charge on any atom is -0.464 e. The second-order valence-electron chi connectivity index (χ2n) is 10.8. The molecule has 4 N–H and O–H groups in total. The zero-order valence-corrected chi connectivity index (χ0v) is 24.1. The molecule has 0 spiro atoms. The van der Waals surface area contributed by atoms with Gasteiger partial charge in [0.25, 0.3) is 0 Å². The Bertz CT molecular complexity index is 1440. The fourth-order valence-corrected chi connectivity index (χ4v) is 5.23. The summed E-state index contributed by atoms with van der Waals surface area (Å²) in [5, 5.41) is 21.1. The van der Waals surface area contributed by atoms with Crippen LogP contribution in [0.25, 0.3) is 11.1 Å². The van der Waals surface area contributed by atoms with Crippen molar-refractivity contribution >= 4 is 23.7 Å². The van der Waals surface area contributed by atoms with Gasteiger partial charge in [-0.3, -0.25) is 14.4 Å². The first-order chi connectivity index (χ1) is 20.0. The van der Waals surface area contributed by atoms with Crippen LogP contribution in [0, 0.1) is 12.8 Å². The molecule has 0 aliphatic carbocycles. The van der Waals surface area contributed by atoms with Crippen molar-refractivity contribution in [1.29, 1.82) is 0 Å². The second-order valence-corrected chi connectivity index (χ2v) is 10.8. The molecule has 0 unspecified atom stereocenters. The van der Waals surface area contributed by atoms with Crippen LogP contribution in [0.4, 0.5) is 0 Å². The Morgan fingerprint density at radius 1 is 1.07 bits per heavy atom. The van der Waals surface area contributed by atoms with E-state index >= 15 is 0 Å². The lowest BCUT2D eigenvalue weighted by Gasteiger charge is -2.31. The molecule has 1 aromatic heterocycles. The number of benzene rings is 2. The van der Waals surface area contributed by atoms with Gasteiger partial charge < -0.3 is 25.8 Å². The van der Waals surface area contributed by atoms with E-state index in [1.54, 1.807) is 20.8 Å². The van der Waals surface area contributed by atoms with Crippen molar-refractivity contribution in [3.05, 3.63) is 71.5 Å². The van der Waals surface area contributed by atoms with Gasteiger partial charge in [0.1, 0.15) is 18.1 Å². The minimum atomic E-state index is -1.04. The number of β-amino-alcohol motifs (C(OH)–C–C–N with tert-alkyl or cyclic N) is 1. The molecule has 4 atom stereocenters. The smallest absolute Gasteiger partial charge is 0.360 e. The number of nitrogens with zero attached hydrogens (tertiary/aromatic N) is 4. The number of amides is 3. The van der Waals surface area contributed by atoms with Crippen molar-refractivity contribution < 1.29 is 29.0 Å². The molecule has 0 bridgehead atoms. The summed E-state index contributed by atoms with van der Waals surface area (Å²) >= 11 is 0. The van der Waals surface area contributed by atoms with E-state index in [2.05, 4.69) is 15.6 Å². The van der Waals surface area contributed by atoms with Crippen molar-refractivity contribution in [3.8, 4) is 11.1 Å². The highest BCUT2D eigenvalue weighted by molar-refractivity contribution is 5.93. The number of aliphatic hydroxyl groups is 1. The van der Waals surface area contributed by atoms with Crippen molar-refractivity contribution in [2.75, 3.05) is 13.7 Å². The maximum Gasteiger partial charge on any atom is 0.360 e. The number of nitrogens with two attached hydrogens (primary N) is 1. The molecule has 3 aromatic rings. The van der Waals surface area contributed by atoms with Gasteiger partial charge in [0, 0.05) is 19.4 Å². The topological polar surface area (TPSA) is 170 Å². The van der Waals surface area contributed by atoms with Gasteiger partial charge in [-0.2, -0.15) is 0 Å². The van der Waals surface area contributed by atoms with Gasteiger partial charge >= 0.3 is 5.97 Å². The Balaban J connectivity index is 1.51. The number of likely N-dealkylation sites (tertiary alicyclic amines) is 1. The summed E-state index contributed by atoms with van der Waals surface area (Å²) < 4.78 is 6.08. The lowest BCUT2D eigenvalue weighted by Crippen LogP contribution is -2.54. The van der Waals surface area contributed by atoms with Gasteiger partial charge in [-0.15, -0.1) is 5.10 Å². The number of carbonyl (C=O) groups excluding carboxylic acids is 4. The van der Waals surface area contributed by atoms with Crippen LogP contribution in [0.3, 0.4) is 0 Å². The van der Waals surface area contributed by atoms with Gasteiger partial charge in [-0.05, 0) is 29.5 Å². The maximum absolute atomic E-state index is 13.8. The number of ether oxygens (including phenoxy) is 1. The summed E-state index contributed by atoms with van der Waals surface area (Å²) in [5.74, 6) is -2.78. The van der Waals surface area contributed by atoms with Crippen molar-refractivity contribution in [2.24, 2.45) is 11.7 Å². The number of methoxy groups -OCH3 is 1. The van der Waals surface area contributed by atoms with Gasteiger partial charge in [0.05, 0.1) is 18.9 Å². The first-order valence-corrected chi connectivity index (χ1v) is 13.7. The monoisotopic (exact) mass is 576 g/mol. The third-order valence-electron chi connectivity index (χ3n) is 7.48. The molecule has 0 radical (unpaired) electrons. The molecule has 3 amide bonds. The summed E-state index contributed by atoms with van der Waals surface area (Å²) in [4.78, 5) is 53.0. The molecule has 0 saturated carbocycles. The zero-order chi connectivity index (χ0) is 30.6. The number of hydrogen-bond acceptors (Lipinski definition) is 8. The summed E-state index contributed by atoms with van der Waals surface area (Å²) in [6.07, 6.45) is -0.802. The summed E-state index contributed by atoms with van der Waals surface area (Å²) in [6, 6.07) is 14.5. The first-order valence-electron chi connectivity index (χ1n) is 13.7. The fourth-order valence-electron chi connectivity index (χ4n) is 5.23. The molecule has 1 fully saturated rings. The summed E-state index contributed by atoms with van der Waals surface area (Å²) in [5.41, 5.74) is 8.82. The van der Waals surface area contributed by atoms with E-state index in [4.69, 9.17) is 10.5 Å². The largest absolute Gasteiger partial charge is 0.464 e. The highest BCUT2D eigenvalue weighted by Gasteiger charge is 2.44. The summed E-state index contributed by atoms with van der Waals surface area (Å²) in [7, 11) is 1.22. The number of nitrogens with one attached hydrogen (secondary N) is 1. The maximum atomic E-state index is 13.8. The number of hydrogen-bond donors (Lipinski definition) is 3. The average Bonchev–Trinajstić information content (AvgIpc) is 3.55. The third-order valence-corrected chi connectivity index (χ3v) is 7.48. The van der Waals surface area contributed by atoms with Gasteiger partial charge in [-0.25, -0.2) is 9.48 Å². The predicted octanol–water partition coefficient (Wildman–Crippen LogP) is 1.41. The van der Waals surface area contributed by atoms with Crippen LogP contribution >= 0.6 is 0 Å². The number of primary amides is 1. The highest BCUT2D eigenvalue weighted by atomic mass is 16.5. The van der Waals surface area contributed by atoms with Gasteiger partial charge in [0.2, 0.25) is 17.7 Å². The normalized spacial score (nSPS) is 18.0. The number of esters is 1. The number of aliphatic hydroxyl groups excluding tert-OH is 1. The molecular weight excluding hydrogens is 540 g/mol. The van der Waals surface area contributed by atoms with Crippen LogP contribution in [0.15, 0.2) is 54.6 Å². The summed E-state index contributed by atoms with van der Waals surface area (Å²) in [6.45, 7) is 5.12. The lowest BCUT2D eigenvalue weighted by atomic mass is 10.00. The highest BCUT2D eigenvalue weighted by Crippen LogP contribution is 2.28. The van der Waals surface area contributed by atoms with Crippen LogP contribution in [0.1, 0.15) is 48.1 Å². The lowest BCUT2D eigenvalue weighted by molar-refractivity contribution is -0.143. The standard InChI is InChI=1S/C30H36N6O6/c1-17(2)26(36-18(3)25(33-34-36)30(41)42-4)29(40)35-16-22(37)15-24(35)28(39)32-23(27(31)38)14-19-10-12-21(13-11-19)20-8-6-5-7-9-20/h5-13,17,22-24,26,37H,14-16H2,1-4H3,(H2,31,38)(H,32,39)/t22-,23-,24+,26+/m1/s1. The Hall–Kier alpha value is -4.58. The van der Waals surface area contributed by atoms with Crippen LogP contribution in [0.5, 0.6) is 0 Å². The molecule has 2 heterocycles. The molecule has 12 nitrogen and oxygen atoms in total. The quantitative estimate of drug-likeness (QED) is 0.304. The van der Waals surface area contributed by atoms with Crippen molar-refractivity contribution in [1.82, 2.24) is 25.2 Å². The average molecular weight is 577 g/mol. The van der Waals surface area contributed by atoms with E-state index in [-0.39, 0.29) is 31.0 Å². The van der Waals surface area contributed by atoms with E-state index in [1.165, 1.54) is 16.7 Å². The molecule has 12 heteroatoms. The van der Waals surface area contributed by atoms with E-state index in [0.717, 1.165) is 16.7 Å². The molecule has 4 rings (SSSR count). The Kier molecular flexibility index (Phi) is 9.36. The van der Waals surface area contributed by atoms with E-state index in [0.29, 0.717) is 5.69 Å². The number of carbonyl (C=O) groups is 4. The molecule has 2 aromatic carbocycles. The van der Waals surface area contributed by atoms with Crippen LogP contribution in [-0.2, 0) is 25.5 Å². The van der Waals surface area contributed by atoms with Crippen molar-refractivity contribution in [3.63, 3.8) is 0 Å². The van der Waals surface area contributed by atoms with E-state index < -0.39 is 47.9 Å². The molecule has 222 valence electrons. The zero-order valence-electron chi connectivity index (χ0n) is 24.1. The predicted molar refractivity (Wildman–Crippen MR) is 153 cm³/mol. The SMILES string of the molecule is COC(=O)c1nnn([C@H](C(=O)N2C[C@H](O)C[C@H]2C(=O)N[C@H](Cc2ccc(-c3ccccc3)cc2)C(N)=O)C(C)C)c1C. The molecular formula is C30H36N6O6. The van der Waals surface area contributed by atoms with Gasteiger partial charge in [0.15, 0.2) is 5.69 Å². The van der Waals surface area contributed by atoms with E-state index in [1.807, 2.05) is 54.6 Å². The van der Waals surface area contributed by atoms with Crippen LogP contribution < -0.4 is 11.1 Å². The number of rotatable bonds is 10. The third kappa shape index (κ3) is 6.49. The second kappa shape index (κ2) is 12.9. The minimum absolute atomic E-state index is 0.0105. The molecule has 1 aliphatic rings. The molecule has 1 aliphatic heterocycles. The van der Waals surface area contributed by atoms with Crippen LogP contribution in [-0.4, -0.2) is 80.5 Å². The number of aromatic nitrogens is 3. The van der Waals surface area contributed by atoms with Crippen LogP contribution in [0.2, 0.25) is 0 Å². The molecule has 42 heavy (non-hydrogen) atoms. The van der Waals surface area contributed by atoms with Gasteiger partial charge in [-0.1, -0.05) is 73.7 Å². The first kappa shape index (κ1) is 30.4. The molecule has 1 saturated heterocycles. The van der Waals surface area contributed by atoms with Crippen molar-refractivity contribution in [2.45, 2.75) is 57.8 Å². The van der Waals surface area contributed by atoms with E-state index in [9.17, 15) is 24.3 Å². The fraction of sp³-hybridized carbons (Fsp3) is 0.400. The Labute approximate surface area is 243 Å². The Morgan fingerprint density at radius 3 is 2.31 bits per heavy atom.